The van der Waals surface area contributed by atoms with Gasteiger partial charge in [0.05, 0.1) is 0 Å². The Labute approximate surface area is 115 Å². The Hall–Kier alpha value is -0.370. The molecule has 18 heavy (non-hydrogen) atoms. The van der Waals surface area contributed by atoms with Gasteiger partial charge in [0.25, 0.3) is 0 Å². The van der Waals surface area contributed by atoms with Crippen LogP contribution in [-0.4, -0.2) is 27.1 Å². The molecule has 1 aromatic rings. The Morgan fingerprint density at radius 3 is 2.28 bits per heavy atom. The molecule has 0 radical (unpaired) electrons. The van der Waals surface area contributed by atoms with Crippen molar-refractivity contribution < 1.29 is 13.2 Å². The number of rotatable bonds is 1. The Morgan fingerprint density at radius 1 is 1.17 bits per heavy atom. The van der Waals surface area contributed by atoms with E-state index in [-0.39, 0.29) is 0 Å². The first-order valence-corrected chi connectivity index (χ1v) is 7.51. The standard InChI is InChI=1S/C10H11BrF3N3S/c11-5-3-6-1-2-7(4-5)17(6)9-16-15-8(18-9)10(12,13)14/h5-7H,1-4H2. The van der Waals surface area contributed by atoms with Gasteiger partial charge in [0, 0.05) is 16.9 Å². The molecule has 0 aliphatic carbocycles. The van der Waals surface area contributed by atoms with E-state index in [0.717, 1.165) is 25.7 Å². The SMILES string of the molecule is FC(F)(F)c1nnc(N2C3CCC2CC(Br)C3)s1. The maximum Gasteiger partial charge on any atom is 0.445 e. The maximum atomic E-state index is 12.5. The summed E-state index contributed by atoms with van der Waals surface area (Å²) in [6, 6.07) is 0.615. The van der Waals surface area contributed by atoms with Crippen LogP contribution in [0.2, 0.25) is 0 Å². The van der Waals surface area contributed by atoms with Crippen molar-refractivity contribution in [2.24, 2.45) is 0 Å². The maximum absolute atomic E-state index is 12.5. The van der Waals surface area contributed by atoms with E-state index in [2.05, 4.69) is 26.1 Å². The average molecular weight is 342 g/mol. The molecular weight excluding hydrogens is 331 g/mol. The zero-order valence-corrected chi connectivity index (χ0v) is 11.7. The molecule has 0 spiro atoms. The van der Waals surface area contributed by atoms with Crippen LogP contribution in [0.15, 0.2) is 0 Å². The van der Waals surface area contributed by atoms with Crippen molar-refractivity contribution in [2.75, 3.05) is 4.90 Å². The largest absolute Gasteiger partial charge is 0.445 e. The van der Waals surface area contributed by atoms with Gasteiger partial charge in [0.15, 0.2) is 0 Å². The molecule has 0 saturated carbocycles. The number of aromatic nitrogens is 2. The van der Waals surface area contributed by atoms with E-state index in [1.807, 2.05) is 4.90 Å². The summed E-state index contributed by atoms with van der Waals surface area (Å²) in [5.41, 5.74) is 0. The van der Waals surface area contributed by atoms with Gasteiger partial charge in [-0.05, 0) is 25.7 Å². The third kappa shape index (κ3) is 2.13. The fourth-order valence-electron chi connectivity index (χ4n) is 2.86. The van der Waals surface area contributed by atoms with Gasteiger partial charge in [0.2, 0.25) is 10.1 Å². The van der Waals surface area contributed by atoms with Crippen LogP contribution in [0.25, 0.3) is 0 Å². The molecule has 3 rings (SSSR count). The van der Waals surface area contributed by atoms with Gasteiger partial charge < -0.3 is 4.90 Å². The van der Waals surface area contributed by atoms with Gasteiger partial charge in [-0.15, -0.1) is 10.2 Å². The van der Waals surface area contributed by atoms with Crippen LogP contribution in [0.1, 0.15) is 30.7 Å². The van der Waals surface area contributed by atoms with Crippen LogP contribution in [0.5, 0.6) is 0 Å². The summed E-state index contributed by atoms with van der Waals surface area (Å²) in [7, 11) is 0. The van der Waals surface area contributed by atoms with Crippen molar-refractivity contribution in [1.29, 1.82) is 0 Å². The second-order valence-corrected chi connectivity index (χ2v) is 7.00. The van der Waals surface area contributed by atoms with E-state index in [0.29, 0.717) is 33.4 Å². The number of halogens is 4. The highest BCUT2D eigenvalue weighted by Gasteiger charge is 2.43. The Morgan fingerprint density at radius 2 is 1.78 bits per heavy atom. The van der Waals surface area contributed by atoms with Gasteiger partial charge in [-0.1, -0.05) is 27.3 Å². The fourth-order valence-corrected chi connectivity index (χ4v) is 4.58. The van der Waals surface area contributed by atoms with Crippen LogP contribution >= 0.6 is 27.3 Å². The van der Waals surface area contributed by atoms with Crippen LogP contribution in [0, 0.1) is 0 Å². The summed E-state index contributed by atoms with van der Waals surface area (Å²) >= 11 is 4.27. The minimum Gasteiger partial charge on any atom is -0.341 e. The Balaban J connectivity index is 1.86. The molecule has 1 aromatic heterocycles. The molecule has 2 saturated heterocycles. The first-order valence-electron chi connectivity index (χ1n) is 5.78. The molecule has 2 aliphatic heterocycles. The number of fused-ring (bicyclic) bond motifs is 2. The molecule has 2 unspecified atom stereocenters. The second-order valence-electron chi connectivity index (χ2n) is 4.75. The lowest BCUT2D eigenvalue weighted by atomic mass is 10.0. The van der Waals surface area contributed by atoms with Crippen molar-refractivity contribution in [3.05, 3.63) is 5.01 Å². The van der Waals surface area contributed by atoms with Crippen LogP contribution in [-0.2, 0) is 6.18 Å². The lowest BCUT2D eigenvalue weighted by Gasteiger charge is -2.36. The number of hydrogen-bond acceptors (Lipinski definition) is 4. The number of alkyl halides is 4. The van der Waals surface area contributed by atoms with E-state index in [4.69, 9.17) is 0 Å². The molecule has 2 atom stereocenters. The molecule has 2 aliphatic rings. The molecule has 0 N–H and O–H groups in total. The van der Waals surface area contributed by atoms with E-state index < -0.39 is 11.2 Å². The zero-order chi connectivity index (χ0) is 12.9. The predicted molar refractivity (Wildman–Crippen MR) is 66.1 cm³/mol. The van der Waals surface area contributed by atoms with Crippen LogP contribution < -0.4 is 4.90 Å². The van der Waals surface area contributed by atoms with Crippen molar-refractivity contribution in [3.8, 4) is 0 Å². The highest BCUT2D eigenvalue weighted by molar-refractivity contribution is 9.09. The molecule has 8 heteroatoms. The minimum absolute atomic E-state index is 0.308. The van der Waals surface area contributed by atoms with Gasteiger partial charge in [-0.2, -0.15) is 13.2 Å². The smallest absolute Gasteiger partial charge is 0.341 e. The quantitative estimate of drug-likeness (QED) is 0.732. The van der Waals surface area contributed by atoms with E-state index in [1.54, 1.807) is 0 Å². The van der Waals surface area contributed by atoms with Crippen molar-refractivity contribution >= 4 is 32.4 Å². The summed E-state index contributed by atoms with van der Waals surface area (Å²) in [5.74, 6) is 0. The topological polar surface area (TPSA) is 29.0 Å². The molecule has 3 heterocycles. The number of piperidine rings is 1. The first-order chi connectivity index (χ1) is 8.45. The normalized spacial score (nSPS) is 32.0. The highest BCUT2D eigenvalue weighted by Crippen LogP contribution is 2.43. The number of anilines is 1. The monoisotopic (exact) mass is 341 g/mol. The summed E-state index contributed by atoms with van der Waals surface area (Å²) in [6.07, 6.45) is -0.376. The van der Waals surface area contributed by atoms with Crippen molar-refractivity contribution in [2.45, 2.75) is 48.8 Å². The second kappa shape index (κ2) is 4.33. The summed E-state index contributed by atoms with van der Waals surface area (Å²) in [5, 5.41) is 6.58. The third-order valence-corrected chi connectivity index (χ3v) is 5.28. The molecule has 0 amide bonds. The lowest BCUT2D eigenvalue weighted by molar-refractivity contribution is -0.138. The van der Waals surface area contributed by atoms with Crippen LogP contribution in [0.3, 0.4) is 0 Å². The fraction of sp³-hybridized carbons (Fsp3) is 0.800. The van der Waals surface area contributed by atoms with Gasteiger partial charge >= 0.3 is 6.18 Å². The minimum atomic E-state index is -4.39. The number of nitrogens with zero attached hydrogens (tertiary/aromatic N) is 3. The van der Waals surface area contributed by atoms with Crippen LogP contribution in [0.4, 0.5) is 18.3 Å². The first kappa shape index (κ1) is 12.7. The van der Waals surface area contributed by atoms with E-state index in [1.165, 1.54) is 0 Å². The number of hydrogen-bond donors (Lipinski definition) is 0. The molecule has 3 nitrogen and oxygen atoms in total. The zero-order valence-electron chi connectivity index (χ0n) is 9.32. The molecule has 2 fully saturated rings. The highest BCUT2D eigenvalue weighted by atomic mass is 79.9. The van der Waals surface area contributed by atoms with Gasteiger partial charge in [-0.3, -0.25) is 0 Å². The Bertz CT molecular complexity index is 436. The summed E-state index contributed by atoms with van der Waals surface area (Å²) in [4.78, 5) is 2.52. The van der Waals surface area contributed by atoms with E-state index in [9.17, 15) is 13.2 Å². The Kier molecular flexibility index (Phi) is 3.04. The lowest BCUT2D eigenvalue weighted by Crippen LogP contribution is -2.43. The van der Waals surface area contributed by atoms with Gasteiger partial charge in [0.1, 0.15) is 0 Å². The summed E-state index contributed by atoms with van der Waals surface area (Å²) in [6.45, 7) is 0. The molecule has 0 aromatic carbocycles. The van der Waals surface area contributed by atoms with E-state index >= 15 is 0 Å². The van der Waals surface area contributed by atoms with Gasteiger partial charge in [-0.25, -0.2) is 0 Å². The molecule has 2 bridgehead atoms. The van der Waals surface area contributed by atoms with Crippen molar-refractivity contribution in [1.82, 2.24) is 10.2 Å². The average Bonchev–Trinajstić information content (AvgIpc) is 2.81. The molecular formula is C10H11BrF3N3S. The third-order valence-electron chi connectivity index (χ3n) is 3.55. The van der Waals surface area contributed by atoms with Crippen molar-refractivity contribution in [3.63, 3.8) is 0 Å². The summed E-state index contributed by atoms with van der Waals surface area (Å²) < 4.78 is 37.6. The predicted octanol–water partition coefficient (Wildman–Crippen LogP) is 3.45. The molecule has 100 valence electrons.